The van der Waals surface area contributed by atoms with Gasteiger partial charge in [0, 0.05) is 18.9 Å². The maximum atomic E-state index is 5.27. The van der Waals surface area contributed by atoms with E-state index in [1.807, 2.05) is 19.1 Å². The average molecular weight is 195 g/mol. The van der Waals surface area contributed by atoms with Crippen LogP contribution in [0.5, 0.6) is 11.5 Å². The summed E-state index contributed by atoms with van der Waals surface area (Å²) in [4.78, 5) is 0. The highest BCUT2D eigenvalue weighted by Crippen LogP contribution is 2.36. The van der Waals surface area contributed by atoms with E-state index in [0.29, 0.717) is 13.5 Å². The number of anilines is 1. The number of methoxy groups -OCH3 is 1. The predicted molar refractivity (Wildman–Crippen MR) is 52.8 cm³/mol. The largest absolute Gasteiger partial charge is 0.454 e. The van der Waals surface area contributed by atoms with Crippen molar-refractivity contribution in [2.24, 2.45) is 0 Å². The van der Waals surface area contributed by atoms with Gasteiger partial charge < -0.3 is 19.5 Å². The van der Waals surface area contributed by atoms with Gasteiger partial charge in [0.2, 0.25) is 6.79 Å². The Bertz CT molecular complexity index is 338. The van der Waals surface area contributed by atoms with Gasteiger partial charge in [-0.3, -0.25) is 0 Å². The highest BCUT2D eigenvalue weighted by Gasteiger charge is 2.15. The number of rotatable bonds is 3. The standard InChI is InChI=1S/C10H13NO3/c1-7-3-9-10(14-6-13-9)4-8(7)11-5-12-2/h3-4,11H,5-6H2,1-2H3. The third-order valence-electron chi connectivity index (χ3n) is 2.13. The van der Waals surface area contributed by atoms with E-state index in [9.17, 15) is 0 Å². The second-order valence-electron chi connectivity index (χ2n) is 3.13. The Morgan fingerprint density at radius 1 is 1.36 bits per heavy atom. The molecule has 0 bridgehead atoms. The third kappa shape index (κ3) is 1.61. The number of nitrogens with one attached hydrogen (secondary N) is 1. The van der Waals surface area contributed by atoms with Crippen molar-refractivity contribution in [1.82, 2.24) is 0 Å². The van der Waals surface area contributed by atoms with Gasteiger partial charge >= 0.3 is 0 Å². The Balaban J connectivity index is 2.23. The van der Waals surface area contributed by atoms with Gasteiger partial charge in [-0.2, -0.15) is 0 Å². The van der Waals surface area contributed by atoms with Gasteiger partial charge in [0.15, 0.2) is 11.5 Å². The van der Waals surface area contributed by atoms with E-state index >= 15 is 0 Å². The third-order valence-corrected chi connectivity index (χ3v) is 2.13. The molecule has 76 valence electrons. The topological polar surface area (TPSA) is 39.7 Å². The molecule has 1 heterocycles. The highest BCUT2D eigenvalue weighted by atomic mass is 16.7. The number of aryl methyl sites for hydroxylation is 1. The van der Waals surface area contributed by atoms with Crippen molar-refractivity contribution in [2.45, 2.75) is 6.92 Å². The number of fused-ring (bicyclic) bond motifs is 1. The molecule has 0 spiro atoms. The lowest BCUT2D eigenvalue weighted by Gasteiger charge is -2.09. The molecule has 14 heavy (non-hydrogen) atoms. The van der Waals surface area contributed by atoms with E-state index in [2.05, 4.69) is 5.32 Å². The quantitative estimate of drug-likeness (QED) is 0.746. The molecule has 0 saturated carbocycles. The summed E-state index contributed by atoms with van der Waals surface area (Å²) in [6.07, 6.45) is 0. The Morgan fingerprint density at radius 2 is 2.07 bits per heavy atom. The normalized spacial score (nSPS) is 13.0. The number of hydrogen-bond acceptors (Lipinski definition) is 4. The van der Waals surface area contributed by atoms with Crippen molar-refractivity contribution < 1.29 is 14.2 Å². The molecule has 0 aliphatic carbocycles. The summed E-state index contributed by atoms with van der Waals surface area (Å²) in [5, 5.41) is 3.13. The van der Waals surface area contributed by atoms with Crippen molar-refractivity contribution >= 4 is 5.69 Å². The lowest BCUT2D eigenvalue weighted by Crippen LogP contribution is -2.04. The van der Waals surface area contributed by atoms with Crippen molar-refractivity contribution in [3.8, 4) is 11.5 Å². The van der Waals surface area contributed by atoms with Gasteiger partial charge in [-0.15, -0.1) is 0 Å². The van der Waals surface area contributed by atoms with E-state index in [1.165, 1.54) is 0 Å². The van der Waals surface area contributed by atoms with E-state index in [-0.39, 0.29) is 0 Å². The monoisotopic (exact) mass is 195 g/mol. The fourth-order valence-electron chi connectivity index (χ4n) is 1.38. The number of hydrogen-bond donors (Lipinski definition) is 1. The van der Waals surface area contributed by atoms with Crippen LogP contribution < -0.4 is 14.8 Å². The second kappa shape index (κ2) is 3.75. The van der Waals surface area contributed by atoms with Crippen LogP contribution in [0.25, 0.3) is 0 Å². The minimum Gasteiger partial charge on any atom is -0.454 e. The van der Waals surface area contributed by atoms with Crippen molar-refractivity contribution in [3.05, 3.63) is 17.7 Å². The smallest absolute Gasteiger partial charge is 0.231 e. The van der Waals surface area contributed by atoms with Crippen LogP contribution in [0.2, 0.25) is 0 Å². The molecule has 0 radical (unpaired) electrons. The Kier molecular flexibility index (Phi) is 2.45. The zero-order valence-corrected chi connectivity index (χ0v) is 8.29. The zero-order valence-electron chi connectivity index (χ0n) is 8.29. The molecule has 0 aromatic heterocycles. The van der Waals surface area contributed by atoms with Crippen molar-refractivity contribution in [1.29, 1.82) is 0 Å². The molecule has 1 aromatic carbocycles. The zero-order chi connectivity index (χ0) is 9.97. The van der Waals surface area contributed by atoms with Crippen LogP contribution >= 0.6 is 0 Å². The van der Waals surface area contributed by atoms with E-state index in [4.69, 9.17) is 14.2 Å². The summed E-state index contributed by atoms with van der Waals surface area (Å²) in [5.41, 5.74) is 2.13. The molecule has 0 unspecified atom stereocenters. The van der Waals surface area contributed by atoms with E-state index < -0.39 is 0 Å². The van der Waals surface area contributed by atoms with E-state index in [0.717, 1.165) is 22.7 Å². The Morgan fingerprint density at radius 3 is 2.79 bits per heavy atom. The van der Waals surface area contributed by atoms with Gasteiger partial charge in [0.25, 0.3) is 0 Å². The summed E-state index contributed by atoms with van der Waals surface area (Å²) in [5.74, 6) is 1.60. The molecule has 2 rings (SSSR count). The van der Waals surface area contributed by atoms with Gasteiger partial charge in [-0.25, -0.2) is 0 Å². The van der Waals surface area contributed by atoms with Crippen LogP contribution in [0.15, 0.2) is 12.1 Å². The van der Waals surface area contributed by atoms with Gasteiger partial charge in [0.05, 0.1) is 0 Å². The minimum absolute atomic E-state index is 0.308. The molecular formula is C10H13NO3. The number of benzene rings is 1. The first kappa shape index (κ1) is 9.15. The van der Waals surface area contributed by atoms with Crippen LogP contribution in [0.4, 0.5) is 5.69 Å². The lowest BCUT2D eigenvalue weighted by molar-refractivity contribution is 0.174. The molecule has 0 fully saturated rings. The molecule has 1 N–H and O–H groups in total. The SMILES string of the molecule is COCNc1cc2c(cc1C)OCO2. The minimum atomic E-state index is 0.308. The summed E-state index contributed by atoms with van der Waals surface area (Å²) < 4.78 is 15.5. The summed E-state index contributed by atoms with van der Waals surface area (Å²) >= 11 is 0. The summed E-state index contributed by atoms with van der Waals surface area (Å²) in [6.45, 7) is 2.81. The molecule has 1 aliphatic heterocycles. The maximum Gasteiger partial charge on any atom is 0.231 e. The van der Waals surface area contributed by atoms with Gasteiger partial charge in [-0.1, -0.05) is 0 Å². The Labute approximate surface area is 82.8 Å². The molecule has 4 nitrogen and oxygen atoms in total. The first-order chi connectivity index (χ1) is 6.81. The average Bonchev–Trinajstić information content (AvgIpc) is 2.61. The van der Waals surface area contributed by atoms with E-state index in [1.54, 1.807) is 7.11 Å². The first-order valence-corrected chi connectivity index (χ1v) is 4.44. The van der Waals surface area contributed by atoms with Crippen LogP contribution in [0, 0.1) is 6.92 Å². The molecule has 0 amide bonds. The number of ether oxygens (including phenoxy) is 3. The summed E-state index contributed by atoms with van der Waals surface area (Å²) in [7, 11) is 1.65. The van der Waals surface area contributed by atoms with Crippen LogP contribution in [-0.4, -0.2) is 20.6 Å². The highest BCUT2D eigenvalue weighted by molar-refractivity contribution is 5.60. The van der Waals surface area contributed by atoms with Crippen LogP contribution in [-0.2, 0) is 4.74 Å². The summed E-state index contributed by atoms with van der Waals surface area (Å²) in [6, 6.07) is 3.89. The lowest BCUT2D eigenvalue weighted by atomic mass is 10.2. The molecule has 4 heteroatoms. The molecule has 1 aromatic rings. The van der Waals surface area contributed by atoms with Crippen molar-refractivity contribution in [3.63, 3.8) is 0 Å². The van der Waals surface area contributed by atoms with Crippen molar-refractivity contribution in [2.75, 3.05) is 26.0 Å². The van der Waals surface area contributed by atoms with Gasteiger partial charge in [-0.05, 0) is 18.6 Å². The fourth-order valence-corrected chi connectivity index (χ4v) is 1.38. The maximum absolute atomic E-state index is 5.27. The molecule has 0 atom stereocenters. The first-order valence-electron chi connectivity index (χ1n) is 4.44. The second-order valence-corrected chi connectivity index (χ2v) is 3.13. The van der Waals surface area contributed by atoms with Crippen LogP contribution in [0.3, 0.4) is 0 Å². The fraction of sp³-hybridized carbons (Fsp3) is 0.400. The molecule has 1 aliphatic rings. The van der Waals surface area contributed by atoms with Gasteiger partial charge in [0.1, 0.15) is 6.73 Å². The Hall–Kier alpha value is -1.42. The molecular weight excluding hydrogens is 182 g/mol. The molecule has 0 saturated heterocycles. The van der Waals surface area contributed by atoms with Crippen LogP contribution in [0.1, 0.15) is 5.56 Å². The predicted octanol–water partition coefficient (Wildman–Crippen LogP) is 1.74.